The molecule has 0 amide bonds. The molecule has 0 spiro atoms. The summed E-state index contributed by atoms with van der Waals surface area (Å²) in [4.78, 5) is 11.2. The molecule has 0 N–H and O–H groups in total. The van der Waals surface area contributed by atoms with Crippen LogP contribution in [-0.2, 0) is 9.68 Å². The SMILES string of the molecule is CCON(CC)OC(CC)(CC)CC. The molecule has 3 nitrogen and oxygen atoms in total. The van der Waals surface area contributed by atoms with Crippen molar-refractivity contribution in [3.8, 4) is 0 Å². The smallest absolute Gasteiger partial charge is 0.0918 e. The molecule has 0 aliphatic rings. The fourth-order valence-electron chi connectivity index (χ4n) is 1.49. The Kier molecular flexibility index (Phi) is 7.15. The lowest BCUT2D eigenvalue weighted by Gasteiger charge is -2.34. The van der Waals surface area contributed by atoms with Crippen molar-refractivity contribution in [1.29, 1.82) is 0 Å². The summed E-state index contributed by atoms with van der Waals surface area (Å²) in [6.45, 7) is 11.9. The van der Waals surface area contributed by atoms with Crippen molar-refractivity contribution in [1.82, 2.24) is 5.23 Å². The van der Waals surface area contributed by atoms with Crippen molar-refractivity contribution in [2.24, 2.45) is 0 Å². The van der Waals surface area contributed by atoms with Crippen LogP contribution in [0.2, 0.25) is 0 Å². The highest BCUT2D eigenvalue weighted by Gasteiger charge is 2.28. The lowest BCUT2D eigenvalue weighted by Crippen LogP contribution is -2.39. The number of hydrogen-bond donors (Lipinski definition) is 0. The second-order valence-electron chi connectivity index (χ2n) is 3.40. The zero-order chi connectivity index (χ0) is 11.0. The summed E-state index contributed by atoms with van der Waals surface area (Å²) in [6.07, 6.45) is 3.05. The van der Waals surface area contributed by atoms with E-state index in [4.69, 9.17) is 9.68 Å². The molecule has 0 bridgehead atoms. The molecule has 0 aromatic heterocycles. The quantitative estimate of drug-likeness (QED) is 0.566. The minimum Gasteiger partial charge on any atom is -0.274 e. The molecule has 0 aliphatic heterocycles. The Balaban J connectivity index is 4.24. The molecule has 0 aliphatic carbocycles. The highest BCUT2D eigenvalue weighted by Crippen LogP contribution is 2.25. The van der Waals surface area contributed by atoms with Crippen LogP contribution in [-0.4, -0.2) is 24.0 Å². The Morgan fingerprint density at radius 1 is 0.929 bits per heavy atom. The zero-order valence-electron chi connectivity index (χ0n) is 10.3. The van der Waals surface area contributed by atoms with Gasteiger partial charge in [0, 0.05) is 6.54 Å². The van der Waals surface area contributed by atoms with E-state index in [2.05, 4.69) is 20.8 Å². The normalized spacial score (nSPS) is 12.4. The number of hydroxylamine groups is 2. The van der Waals surface area contributed by atoms with Gasteiger partial charge in [-0.25, -0.2) is 0 Å². The van der Waals surface area contributed by atoms with Gasteiger partial charge >= 0.3 is 0 Å². The fourth-order valence-corrected chi connectivity index (χ4v) is 1.49. The molecule has 0 aromatic carbocycles. The summed E-state index contributed by atoms with van der Waals surface area (Å²) in [5.74, 6) is 0. The van der Waals surface area contributed by atoms with Gasteiger partial charge in [0.25, 0.3) is 0 Å². The van der Waals surface area contributed by atoms with Gasteiger partial charge in [-0.1, -0.05) is 26.0 Å². The Morgan fingerprint density at radius 3 is 1.71 bits per heavy atom. The van der Waals surface area contributed by atoms with E-state index in [9.17, 15) is 0 Å². The highest BCUT2D eigenvalue weighted by molar-refractivity contribution is 4.74. The molecule has 86 valence electrons. The minimum atomic E-state index is -0.0504. The predicted molar refractivity (Wildman–Crippen MR) is 58.7 cm³/mol. The van der Waals surface area contributed by atoms with Crippen LogP contribution in [0.3, 0.4) is 0 Å². The molecule has 3 heteroatoms. The number of nitrogens with zero attached hydrogens (tertiary/aromatic N) is 1. The van der Waals surface area contributed by atoms with E-state index in [1.807, 2.05) is 13.8 Å². The molecule has 0 rings (SSSR count). The molecule has 0 radical (unpaired) electrons. The van der Waals surface area contributed by atoms with Crippen molar-refractivity contribution >= 4 is 0 Å². The molecule has 14 heavy (non-hydrogen) atoms. The van der Waals surface area contributed by atoms with E-state index in [-0.39, 0.29) is 5.60 Å². The summed E-state index contributed by atoms with van der Waals surface area (Å²) < 4.78 is 0. The average Bonchev–Trinajstić information content (AvgIpc) is 2.25. The number of hydrogen-bond acceptors (Lipinski definition) is 3. The predicted octanol–water partition coefficient (Wildman–Crippen LogP) is 3.16. The lowest BCUT2D eigenvalue weighted by molar-refractivity contribution is -0.407. The van der Waals surface area contributed by atoms with E-state index in [0.717, 1.165) is 25.8 Å². The van der Waals surface area contributed by atoms with Crippen LogP contribution in [0.15, 0.2) is 0 Å². The summed E-state index contributed by atoms with van der Waals surface area (Å²) in [6, 6.07) is 0. The van der Waals surface area contributed by atoms with Crippen molar-refractivity contribution in [2.75, 3.05) is 13.2 Å². The summed E-state index contributed by atoms with van der Waals surface area (Å²) in [5, 5.41) is 1.61. The summed E-state index contributed by atoms with van der Waals surface area (Å²) in [5.41, 5.74) is -0.0504. The van der Waals surface area contributed by atoms with Gasteiger partial charge in [0.15, 0.2) is 0 Å². The van der Waals surface area contributed by atoms with E-state index in [1.165, 1.54) is 0 Å². The van der Waals surface area contributed by atoms with Gasteiger partial charge in [-0.2, -0.15) is 0 Å². The second-order valence-corrected chi connectivity index (χ2v) is 3.40. The molecule has 0 fully saturated rings. The fraction of sp³-hybridized carbons (Fsp3) is 1.00. The van der Waals surface area contributed by atoms with Crippen molar-refractivity contribution in [2.45, 2.75) is 59.5 Å². The Bertz CT molecular complexity index is 127. The van der Waals surface area contributed by atoms with Gasteiger partial charge in [0.05, 0.1) is 12.2 Å². The van der Waals surface area contributed by atoms with Crippen molar-refractivity contribution < 1.29 is 9.68 Å². The minimum absolute atomic E-state index is 0.0504. The first-order valence-corrected chi connectivity index (χ1v) is 5.77. The maximum atomic E-state index is 5.89. The highest BCUT2D eigenvalue weighted by atomic mass is 17.0. The Hall–Kier alpha value is -0.120. The first kappa shape index (κ1) is 13.9. The van der Waals surface area contributed by atoms with Crippen LogP contribution in [0.5, 0.6) is 0 Å². The van der Waals surface area contributed by atoms with Gasteiger partial charge in [-0.3, -0.25) is 9.68 Å². The first-order chi connectivity index (χ1) is 6.67. The average molecular weight is 203 g/mol. The van der Waals surface area contributed by atoms with Gasteiger partial charge in [-0.15, -0.1) is 0 Å². The monoisotopic (exact) mass is 203 g/mol. The molecule has 0 aromatic rings. The Morgan fingerprint density at radius 2 is 1.43 bits per heavy atom. The second kappa shape index (κ2) is 7.21. The van der Waals surface area contributed by atoms with Crippen LogP contribution < -0.4 is 0 Å². The standard InChI is InChI=1S/C11H25NO2/c1-6-11(7-2,8-3)14-12(9-4)13-10-5/h6-10H2,1-5H3. The third-order valence-corrected chi connectivity index (χ3v) is 2.76. The molecular formula is C11H25NO2. The molecular weight excluding hydrogens is 178 g/mol. The number of rotatable bonds is 8. The topological polar surface area (TPSA) is 21.7 Å². The van der Waals surface area contributed by atoms with Crippen molar-refractivity contribution in [3.05, 3.63) is 0 Å². The van der Waals surface area contributed by atoms with Crippen LogP contribution in [0.4, 0.5) is 0 Å². The van der Waals surface area contributed by atoms with E-state index in [0.29, 0.717) is 6.61 Å². The van der Waals surface area contributed by atoms with Crippen LogP contribution in [0.1, 0.15) is 53.9 Å². The van der Waals surface area contributed by atoms with Gasteiger partial charge < -0.3 is 0 Å². The van der Waals surface area contributed by atoms with Gasteiger partial charge in [-0.05, 0) is 33.1 Å². The lowest BCUT2D eigenvalue weighted by atomic mass is 9.94. The first-order valence-electron chi connectivity index (χ1n) is 5.77. The third-order valence-electron chi connectivity index (χ3n) is 2.76. The van der Waals surface area contributed by atoms with Crippen molar-refractivity contribution in [3.63, 3.8) is 0 Å². The summed E-state index contributed by atoms with van der Waals surface area (Å²) >= 11 is 0. The third kappa shape index (κ3) is 3.95. The molecule has 0 saturated heterocycles. The van der Waals surface area contributed by atoms with Gasteiger partial charge in [0.2, 0.25) is 0 Å². The van der Waals surface area contributed by atoms with Crippen LogP contribution in [0, 0.1) is 0 Å². The Labute approximate surface area is 88.3 Å². The van der Waals surface area contributed by atoms with E-state index < -0.39 is 0 Å². The van der Waals surface area contributed by atoms with Gasteiger partial charge in [0.1, 0.15) is 0 Å². The zero-order valence-corrected chi connectivity index (χ0v) is 10.3. The summed E-state index contributed by atoms with van der Waals surface area (Å²) in [7, 11) is 0. The van der Waals surface area contributed by atoms with Crippen LogP contribution >= 0.6 is 0 Å². The molecule has 0 saturated carbocycles. The maximum absolute atomic E-state index is 5.89. The largest absolute Gasteiger partial charge is 0.274 e. The van der Waals surface area contributed by atoms with Crippen LogP contribution in [0.25, 0.3) is 0 Å². The maximum Gasteiger partial charge on any atom is 0.0918 e. The van der Waals surface area contributed by atoms with E-state index in [1.54, 1.807) is 5.23 Å². The molecule has 0 atom stereocenters. The molecule has 0 unspecified atom stereocenters. The molecule has 0 heterocycles. The van der Waals surface area contributed by atoms with E-state index >= 15 is 0 Å².